The number of nitrogens with two attached hydrogens (primary N) is 1. The minimum atomic E-state index is -0.0611. The van der Waals surface area contributed by atoms with Gasteiger partial charge in [0.1, 0.15) is 0 Å². The van der Waals surface area contributed by atoms with Crippen molar-refractivity contribution in [3.8, 4) is 0 Å². The average Bonchev–Trinajstić information content (AvgIpc) is 2.09. The molecule has 0 saturated heterocycles. The lowest BCUT2D eigenvalue weighted by Crippen LogP contribution is -2.10. The highest BCUT2D eigenvalue weighted by atomic mass is 35.5. The van der Waals surface area contributed by atoms with E-state index in [9.17, 15) is 4.79 Å². The van der Waals surface area contributed by atoms with Crippen molar-refractivity contribution >= 4 is 28.9 Å². The summed E-state index contributed by atoms with van der Waals surface area (Å²) in [5.41, 5.74) is 6.71. The number of rotatable bonds is 2. The first-order valence-corrected chi connectivity index (χ1v) is 4.36. The summed E-state index contributed by atoms with van der Waals surface area (Å²) >= 11 is 5.69. The Morgan fingerprint density at radius 1 is 1.62 bits per heavy atom. The minimum Gasteiger partial charge on any atom is -0.397 e. The Hall–Kier alpha value is -1.22. The molecule has 0 atom stereocenters. The molecule has 0 heterocycles. The van der Waals surface area contributed by atoms with Gasteiger partial charge in [-0.15, -0.1) is 0 Å². The maximum Gasteiger partial charge on any atom is 0.224 e. The SMILES string of the molecule is CCC(=O)Nc1ccc(Cl)cc1N. The van der Waals surface area contributed by atoms with Gasteiger partial charge in [-0.05, 0) is 18.2 Å². The van der Waals surface area contributed by atoms with Crippen LogP contribution in [0.5, 0.6) is 0 Å². The zero-order chi connectivity index (χ0) is 9.84. The maximum absolute atomic E-state index is 11.0. The van der Waals surface area contributed by atoms with E-state index in [1.165, 1.54) is 0 Å². The van der Waals surface area contributed by atoms with Crippen LogP contribution in [-0.2, 0) is 4.79 Å². The molecule has 4 heteroatoms. The molecule has 1 rings (SSSR count). The minimum absolute atomic E-state index is 0.0611. The lowest BCUT2D eigenvalue weighted by atomic mass is 10.2. The molecule has 0 saturated carbocycles. The zero-order valence-corrected chi connectivity index (χ0v) is 8.06. The first-order valence-electron chi connectivity index (χ1n) is 3.98. The van der Waals surface area contributed by atoms with Gasteiger partial charge in [-0.3, -0.25) is 4.79 Å². The van der Waals surface area contributed by atoms with Gasteiger partial charge in [0, 0.05) is 11.4 Å². The second kappa shape index (κ2) is 4.14. The van der Waals surface area contributed by atoms with E-state index in [-0.39, 0.29) is 5.91 Å². The van der Waals surface area contributed by atoms with Gasteiger partial charge in [0.05, 0.1) is 11.4 Å². The Labute approximate surface area is 81.9 Å². The molecule has 0 bridgehead atoms. The van der Waals surface area contributed by atoms with Gasteiger partial charge in [-0.2, -0.15) is 0 Å². The van der Waals surface area contributed by atoms with Crippen LogP contribution in [0.15, 0.2) is 18.2 Å². The Morgan fingerprint density at radius 3 is 2.85 bits per heavy atom. The molecular formula is C9H11ClN2O. The average molecular weight is 199 g/mol. The molecule has 3 nitrogen and oxygen atoms in total. The second-order valence-corrected chi connectivity index (χ2v) is 3.07. The molecule has 13 heavy (non-hydrogen) atoms. The van der Waals surface area contributed by atoms with Gasteiger partial charge < -0.3 is 11.1 Å². The summed E-state index contributed by atoms with van der Waals surface area (Å²) < 4.78 is 0. The van der Waals surface area contributed by atoms with Crippen molar-refractivity contribution in [1.82, 2.24) is 0 Å². The number of hydrogen-bond donors (Lipinski definition) is 2. The number of anilines is 2. The lowest BCUT2D eigenvalue weighted by molar-refractivity contribution is -0.115. The van der Waals surface area contributed by atoms with Crippen LogP contribution in [0.2, 0.25) is 5.02 Å². The van der Waals surface area contributed by atoms with E-state index >= 15 is 0 Å². The van der Waals surface area contributed by atoms with Crippen molar-refractivity contribution in [1.29, 1.82) is 0 Å². The molecule has 0 aliphatic rings. The van der Waals surface area contributed by atoms with E-state index in [4.69, 9.17) is 17.3 Å². The number of nitrogen functional groups attached to an aromatic ring is 1. The molecule has 0 fully saturated rings. The summed E-state index contributed by atoms with van der Waals surface area (Å²) in [6.07, 6.45) is 0.433. The molecule has 70 valence electrons. The topological polar surface area (TPSA) is 55.1 Å². The number of amides is 1. The Kier molecular flexibility index (Phi) is 3.14. The van der Waals surface area contributed by atoms with Crippen LogP contribution in [0, 0.1) is 0 Å². The number of hydrogen-bond acceptors (Lipinski definition) is 2. The van der Waals surface area contributed by atoms with E-state index < -0.39 is 0 Å². The first kappa shape index (κ1) is 9.86. The number of benzene rings is 1. The molecule has 0 radical (unpaired) electrons. The third-order valence-electron chi connectivity index (χ3n) is 1.61. The highest BCUT2D eigenvalue weighted by Gasteiger charge is 2.02. The third kappa shape index (κ3) is 2.63. The summed E-state index contributed by atoms with van der Waals surface area (Å²) in [6.45, 7) is 1.78. The highest BCUT2D eigenvalue weighted by molar-refractivity contribution is 6.31. The Bertz CT molecular complexity index is 325. The van der Waals surface area contributed by atoms with E-state index in [0.717, 1.165) is 0 Å². The summed E-state index contributed by atoms with van der Waals surface area (Å²) in [4.78, 5) is 11.0. The van der Waals surface area contributed by atoms with Crippen LogP contribution in [-0.4, -0.2) is 5.91 Å². The highest BCUT2D eigenvalue weighted by Crippen LogP contribution is 2.22. The Morgan fingerprint density at radius 2 is 2.31 bits per heavy atom. The van der Waals surface area contributed by atoms with E-state index in [2.05, 4.69) is 5.32 Å². The first-order chi connectivity index (χ1) is 6.13. The molecule has 0 aliphatic carbocycles. The molecule has 1 aromatic carbocycles. The molecule has 1 amide bonds. The van der Waals surface area contributed by atoms with Crippen molar-refractivity contribution in [2.24, 2.45) is 0 Å². The fourth-order valence-corrected chi connectivity index (χ4v) is 1.07. The maximum atomic E-state index is 11.0. The largest absolute Gasteiger partial charge is 0.397 e. The van der Waals surface area contributed by atoms with Gasteiger partial charge in [0.25, 0.3) is 0 Å². The van der Waals surface area contributed by atoms with Crippen molar-refractivity contribution in [3.05, 3.63) is 23.2 Å². The van der Waals surface area contributed by atoms with Crippen molar-refractivity contribution in [2.75, 3.05) is 11.1 Å². The van der Waals surface area contributed by atoms with Crippen LogP contribution in [0.3, 0.4) is 0 Å². The number of carbonyl (C=O) groups excluding carboxylic acids is 1. The fourth-order valence-electron chi connectivity index (χ4n) is 0.886. The molecule has 0 aromatic heterocycles. The third-order valence-corrected chi connectivity index (χ3v) is 1.84. The van der Waals surface area contributed by atoms with Crippen LogP contribution < -0.4 is 11.1 Å². The van der Waals surface area contributed by atoms with Crippen molar-refractivity contribution in [3.63, 3.8) is 0 Å². The van der Waals surface area contributed by atoms with E-state index in [0.29, 0.717) is 22.8 Å². The number of nitrogens with one attached hydrogen (secondary N) is 1. The zero-order valence-electron chi connectivity index (χ0n) is 7.30. The number of carbonyl (C=O) groups is 1. The van der Waals surface area contributed by atoms with Crippen molar-refractivity contribution < 1.29 is 4.79 Å². The van der Waals surface area contributed by atoms with Crippen LogP contribution in [0.4, 0.5) is 11.4 Å². The van der Waals surface area contributed by atoms with E-state index in [1.807, 2.05) is 0 Å². The number of halogens is 1. The standard InChI is InChI=1S/C9H11ClN2O/c1-2-9(13)12-8-4-3-6(10)5-7(8)11/h3-5H,2,11H2,1H3,(H,12,13). The van der Waals surface area contributed by atoms with Crippen LogP contribution in [0.25, 0.3) is 0 Å². The fraction of sp³-hybridized carbons (Fsp3) is 0.222. The van der Waals surface area contributed by atoms with E-state index in [1.54, 1.807) is 25.1 Å². The molecule has 3 N–H and O–H groups in total. The molecular weight excluding hydrogens is 188 g/mol. The van der Waals surface area contributed by atoms with Gasteiger partial charge in [0.15, 0.2) is 0 Å². The quantitative estimate of drug-likeness (QED) is 0.717. The summed E-state index contributed by atoms with van der Waals surface area (Å²) in [5.74, 6) is -0.0611. The smallest absolute Gasteiger partial charge is 0.224 e. The summed E-state index contributed by atoms with van der Waals surface area (Å²) in [5, 5.41) is 3.23. The van der Waals surface area contributed by atoms with Crippen LogP contribution in [0.1, 0.15) is 13.3 Å². The molecule has 0 unspecified atom stereocenters. The van der Waals surface area contributed by atoms with Crippen molar-refractivity contribution in [2.45, 2.75) is 13.3 Å². The molecule has 0 spiro atoms. The van der Waals surface area contributed by atoms with Gasteiger partial charge in [-0.25, -0.2) is 0 Å². The summed E-state index contributed by atoms with van der Waals surface area (Å²) in [6, 6.07) is 4.97. The predicted molar refractivity (Wildman–Crippen MR) is 54.8 cm³/mol. The van der Waals surface area contributed by atoms with Crippen LogP contribution >= 0.6 is 11.6 Å². The van der Waals surface area contributed by atoms with Gasteiger partial charge in [-0.1, -0.05) is 18.5 Å². The molecule has 1 aromatic rings. The predicted octanol–water partition coefficient (Wildman–Crippen LogP) is 2.27. The monoisotopic (exact) mass is 198 g/mol. The lowest BCUT2D eigenvalue weighted by Gasteiger charge is -2.06. The Balaban J connectivity index is 2.83. The van der Waals surface area contributed by atoms with Gasteiger partial charge >= 0.3 is 0 Å². The molecule has 0 aliphatic heterocycles. The normalized spacial score (nSPS) is 9.69. The second-order valence-electron chi connectivity index (χ2n) is 2.63. The summed E-state index contributed by atoms with van der Waals surface area (Å²) in [7, 11) is 0. The van der Waals surface area contributed by atoms with Gasteiger partial charge in [0.2, 0.25) is 5.91 Å².